The van der Waals surface area contributed by atoms with Crippen LogP contribution in [0.4, 0.5) is 0 Å². The summed E-state index contributed by atoms with van der Waals surface area (Å²) in [6.07, 6.45) is 0. The average Bonchev–Trinajstić information content (AvgIpc) is 2.17. The lowest BCUT2D eigenvalue weighted by atomic mass is 9.96. The summed E-state index contributed by atoms with van der Waals surface area (Å²) in [4.78, 5) is 11.9. The van der Waals surface area contributed by atoms with Gasteiger partial charge in [-0.15, -0.1) is 0 Å². The van der Waals surface area contributed by atoms with Gasteiger partial charge in [-0.2, -0.15) is 0 Å². The SMILES string of the molecule is COC(C)(C)C(=O)c1ccccc1Cl. The lowest BCUT2D eigenvalue weighted by molar-refractivity contribution is 0.0228. The number of hydrogen-bond acceptors (Lipinski definition) is 2. The molecule has 0 unspecified atom stereocenters. The van der Waals surface area contributed by atoms with E-state index in [-0.39, 0.29) is 5.78 Å². The minimum atomic E-state index is -0.828. The predicted octanol–water partition coefficient (Wildman–Crippen LogP) is 2.95. The number of carbonyl (C=O) groups is 1. The van der Waals surface area contributed by atoms with Gasteiger partial charge in [0.1, 0.15) is 5.60 Å². The Hall–Kier alpha value is -0.860. The molecule has 1 aromatic rings. The number of halogens is 1. The van der Waals surface area contributed by atoms with Gasteiger partial charge in [-0.3, -0.25) is 4.79 Å². The summed E-state index contributed by atoms with van der Waals surface area (Å²) in [6, 6.07) is 6.97. The molecule has 0 aliphatic carbocycles. The van der Waals surface area contributed by atoms with E-state index in [1.165, 1.54) is 7.11 Å². The minimum absolute atomic E-state index is 0.106. The Morgan fingerprint density at radius 1 is 1.36 bits per heavy atom. The van der Waals surface area contributed by atoms with Crippen molar-refractivity contribution in [2.45, 2.75) is 19.4 Å². The van der Waals surface area contributed by atoms with Crippen LogP contribution in [0.3, 0.4) is 0 Å². The zero-order chi connectivity index (χ0) is 10.8. The van der Waals surface area contributed by atoms with Crippen molar-refractivity contribution in [3.63, 3.8) is 0 Å². The van der Waals surface area contributed by atoms with Crippen LogP contribution in [0.1, 0.15) is 24.2 Å². The average molecular weight is 213 g/mol. The molecule has 0 atom stereocenters. The largest absolute Gasteiger partial charge is 0.371 e. The molecule has 0 spiro atoms. The Labute approximate surface area is 88.8 Å². The number of hydrogen-bond donors (Lipinski definition) is 0. The second-order valence-electron chi connectivity index (χ2n) is 3.52. The maximum atomic E-state index is 11.9. The van der Waals surface area contributed by atoms with Crippen molar-refractivity contribution < 1.29 is 9.53 Å². The molecule has 14 heavy (non-hydrogen) atoms. The fourth-order valence-electron chi connectivity index (χ4n) is 1.06. The van der Waals surface area contributed by atoms with Crippen LogP contribution in [0, 0.1) is 0 Å². The summed E-state index contributed by atoms with van der Waals surface area (Å²) < 4.78 is 5.10. The summed E-state index contributed by atoms with van der Waals surface area (Å²) in [7, 11) is 1.51. The molecule has 0 heterocycles. The van der Waals surface area contributed by atoms with Gasteiger partial charge >= 0.3 is 0 Å². The Morgan fingerprint density at radius 2 is 1.93 bits per heavy atom. The van der Waals surface area contributed by atoms with Gasteiger partial charge in [0, 0.05) is 12.7 Å². The van der Waals surface area contributed by atoms with E-state index < -0.39 is 5.60 Å². The van der Waals surface area contributed by atoms with E-state index >= 15 is 0 Å². The maximum Gasteiger partial charge on any atom is 0.195 e. The van der Waals surface area contributed by atoms with Gasteiger partial charge in [-0.25, -0.2) is 0 Å². The number of carbonyl (C=O) groups excluding carboxylic acids is 1. The molecule has 0 aliphatic rings. The molecule has 0 saturated heterocycles. The van der Waals surface area contributed by atoms with Crippen LogP contribution in [-0.2, 0) is 4.74 Å². The predicted molar refractivity (Wildman–Crippen MR) is 56.9 cm³/mol. The van der Waals surface area contributed by atoms with Crippen molar-refractivity contribution in [2.24, 2.45) is 0 Å². The molecule has 2 nitrogen and oxygen atoms in total. The van der Waals surface area contributed by atoms with Gasteiger partial charge in [0.2, 0.25) is 0 Å². The van der Waals surface area contributed by atoms with E-state index in [1.54, 1.807) is 38.1 Å². The van der Waals surface area contributed by atoms with E-state index in [1.807, 2.05) is 0 Å². The monoisotopic (exact) mass is 212 g/mol. The molecule has 76 valence electrons. The van der Waals surface area contributed by atoms with E-state index in [2.05, 4.69) is 0 Å². The molecule has 1 aromatic carbocycles. The molecule has 0 aliphatic heterocycles. The standard InChI is InChI=1S/C11H13ClO2/c1-11(2,14-3)10(13)8-6-4-5-7-9(8)12/h4-7H,1-3H3. The Balaban J connectivity index is 3.07. The highest BCUT2D eigenvalue weighted by Gasteiger charge is 2.29. The Morgan fingerprint density at radius 3 is 2.43 bits per heavy atom. The van der Waals surface area contributed by atoms with Crippen molar-refractivity contribution in [3.8, 4) is 0 Å². The highest BCUT2D eigenvalue weighted by atomic mass is 35.5. The fraction of sp³-hybridized carbons (Fsp3) is 0.364. The molecule has 0 amide bonds. The van der Waals surface area contributed by atoms with Crippen molar-refractivity contribution in [1.29, 1.82) is 0 Å². The second-order valence-corrected chi connectivity index (χ2v) is 3.93. The first-order chi connectivity index (χ1) is 6.49. The maximum absolute atomic E-state index is 11.9. The summed E-state index contributed by atoms with van der Waals surface area (Å²) in [5.41, 5.74) is -0.327. The number of ether oxygens (including phenoxy) is 1. The summed E-state index contributed by atoms with van der Waals surface area (Å²) in [6.45, 7) is 3.44. The number of methoxy groups -OCH3 is 1. The molecule has 0 bridgehead atoms. The minimum Gasteiger partial charge on any atom is -0.371 e. The first-order valence-electron chi connectivity index (χ1n) is 4.33. The van der Waals surface area contributed by atoms with E-state index in [0.717, 1.165) is 0 Å². The summed E-state index contributed by atoms with van der Waals surface area (Å²) in [5.74, 6) is -0.106. The zero-order valence-corrected chi connectivity index (χ0v) is 9.26. The second kappa shape index (κ2) is 4.11. The van der Waals surface area contributed by atoms with Crippen LogP contribution >= 0.6 is 11.6 Å². The smallest absolute Gasteiger partial charge is 0.195 e. The first kappa shape index (κ1) is 11.2. The number of ketones is 1. The van der Waals surface area contributed by atoms with Gasteiger partial charge in [0.05, 0.1) is 5.02 Å². The lowest BCUT2D eigenvalue weighted by Gasteiger charge is -2.21. The van der Waals surface area contributed by atoms with Crippen LogP contribution < -0.4 is 0 Å². The molecular weight excluding hydrogens is 200 g/mol. The first-order valence-corrected chi connectivity index (χ1v) is 4.71. The molecule has 0 N–H and O–H groups in total. The van der Waals surface area contributed by atoms with Crippen molar-refractivity contribution in [2.75, 3.05) is 7.11 Å². The zero-order valence-electron chi connectivity index (χ0n) is 8.50. The Kier molecular flexibility index (Phi) is 3.29. The number of rotatable bonds is 3. The van der Waals surface area contributed by atoms with Crippen LogP contribution in [0.2, 0.25) is 5.02 Å². The highest BCUT2D eigenvalue weighted by molar-refractivity contribution is 6.34. The van der Waals surface area contributed by atoms with E-state index in [0.29, 0.717) is 10.6 Å². The van der Waals surface area contributed by atoms with Crippen LogP contribution in [0.5, 0.6) is 0 Å². The van der Waals surface area contributed by atoms with Crippen molar-refractivity contribution in [3.05, 3.63) is 34.9 Å². The van der Waals surface area contributed by atoms with Crippen LogP contribution in [0.25, 0.3) is 0 Å². The van der Waals surface area contributed by atoms with Crippen LogP contribution in [0.15, 0.2) is 24.3 Å². The Bertz CT molecular complexity index is 345. The highest BCUT2D eigenvalue weighted by Crippen LogP contribution is 2.22. The summed E-state index contributed by atoms with van der Waals surface area (Å²) >= 11 is 5.91. The molecule has 0 radical (unpaired) electrons. The number of Topliss-reactive ketones (excluding diaryl/α,β-unsaturated/α-hetero) is 1. The molecule has 3 heteroatoms. The quantitative estimate of drug-likeness (QED) is 0.721. The van der Waals surface area contributed by atoms with Gasteiger partial charge in [-0.05, 0) is 26.0 Å². The van der Waals surface area contributed by atoms with E-state index in [9.17, 15) is 4.79 Å². The number of benzene rings is 1. The fourth-order valence-corrected chi connectivity index (χ4v) is 1.28. The summed E-state index contributed by atoms with van der Waals surface area (Å²) in [5, 5.41) is 0.461. The van der Waals surface area contributed by atoms with Crippen LogP contribution in [-0.4, -0.2) is 18.5 Å². The van der Waals surface area contributed by atoms with E-state index in [4.69, 9.17) is 16.3 Å². The molecular formula is C11H13ClO2. The van der Waals surface area contributed by atoms with Gasteiger partial charge in [0.25, 0.3) is 0 Å². The molecule has 0 fully saturated rings. The van der Waals surface area contributed by atoms with Gasteiger partial charge in [-0.1, -0.05) is 23.7 Å². The molecule has 0 saturated carbocycles. The van der Waals surface area contributed by atoms with Gasteiger partial charge < -0.3 is 4.74 Å². The normalized spacial score (nSPS) is 11.4. The molecule has 1 rings (SSSR count). The lowest BCUT2D eigenvalue weighted by Crippen LogP contribution is -2.33. The topological polar surface area (TPSA) is 26.3 Å². The third-order valence-electron chi connectivity index (χ3n) is 2.18. The van der Waals surface area contributed by atoms with Crippen molar-refractivity contribution >= 4 is 17.4 Å². The molecule has 0 aromatic heterocycles. The van der Waals surface area contributed by atoms with Gasteiger partial charge in [0.15, 0.2) is 5.78 Å². The third kappa shape index (κ3) is 2.14. The third-order valence-corrected chi connectivity index (χ3v) is 2.51. The van der Waals surface area contributed by atoms with Crippen molar-refractivity contribution in [1.82, 2.24) is 0 Å².